The molecule has 4 rings (SSSR count). The highest BCUT2D eigenvalue weighted by molar-refractivity contribution is 5.77. The highest BCUT2D eigenvalue weighted by Crippen LogP contribution is 2.34. The number of benzene rings is 1. The number of anilines is 1. The molecule has 0 bridgehead atoms. The van der Waals surface area contributed by atoms with Crippen molar-refractivity contribution in [1.82, 2.24) is 19.5 Å². The van der Waals surface area contributed by atoms with Crippen LogP contribution >= 0.6 is 0 Å². The summed E-state index contributed by atoms with van der Waals surface area (Å²) in [7, 11) is 1.64. The Balaban J connectivity index is 1.83. The summed E-state index contributed by atoms with van der Waals surface area (Å²) in [5, 5.41) is 0.636. The van der Waals surface area contributed by atoms with Crippen LogP contribution in [-0.4, -0.2) is 39.8 Å². The Kier molecular flexibility index (Phi) is 4.85. The van der Waals surface area contributed by atoms with E-state index in [0.29, 0.717) is 18.5 Å². The fraction of sp³-hybridized carbons (Fsp3) is 0.400. The Morgan fingerprint density at radius 1 is 1.22 bits per heavy atom. The highest BCUT2D eigenvalue weighted by Gasteiger charge is 2.31. The van der Waals surface area contributed by atoms with E-state index in [4.69, 9.17) is 9.72 Å². The zero-order chi connectivity index (χ0) is 18.8. The van der Waals surface area contributed by atoms with Gasteiger partial charge in [-0.3, -0.25) is 14.3 Å². The van der Waals surface area contributed by atoms with E-state index in [1.165, 1.54) is 0 Å². The van der Waals surface area contributed by atoms with Crippen molar-refractivity contribution in [3.63, 3.8) is 0 Å². The van der Waals surface area contributed by atoms with Crippen LogP contribution in [0.2, 0.25) is 0 Å². The van der Waals surface area contributed by atoms with Gasteiger partial charge >= 0.3 is 0 Å². The van der Waals surface area contributed by atoms with E-state index in [1.807, 2.05) is 31.2 Å². The number of ether oxygens (including phenoxy) is 1. The summed E-state index contributed by atoms with van der Waals surface area (Å²) >= 11 is 0. The van der Waals surface area contributed by atoms with Gasteiger partial charge in [0.2, 0.25) is 0 Å². The summed E-state index contributed by atoms with van der Waals surface area (Å²) in [6, 6.07) is 7.50. The summed E-state index contributed by atoms with van der Waals surface area (Å²) in [6.45, 7) is 3.73. The van der Waals surface area contributed by atoms with E-state index in [9.17, 15) is 4.79 Å². The Hall–Kier alpha value is -2.80. The minimum absolute atomic E-state index is 0.00355. The lowest BCUT2D eigenvalue weighted by Gasteiger charge is -2.27. The fourth-order valence-electron chi connectivity index (χ4n) is 3.68. The molecule has 3 heterocycles. The third-order valence-electron chi connectivity index (χ3n) is 5.02. The molecule has 140 valence electrons. The summed E-state index contributed by atoms with van der Waals surface area (Å²) in [6.07, 6.45) is 5.52. The smallest absolute Gasteiger partial charge is 0.261 e. The molecule has 1 aliphatic heterocycles. The van der Waals surface area contributed by atoms with Crippen LogP contribution in [0.3, 0.4) is 0 Å². The largest absolute Gasteiger partial charge is 0.383 e. The number of fused-ring (bicyclic) bond motifs is 1. The predicted octanol–water partition coefficient (Wildman–Crippen LogP) is 2.48. The van der Waals surface area contributed by atoms with Gasteiger partial charge in [-0.1, -0.05) is 12.1 Å². The first-order valence-corrected chi connectivity index (χ1v) is 9.22. The van der Waals surface area contributed by atoms with Crippen molar-refractivity contribution < 1.29 is 4.74 Å². The molecule has 1 atom stereocenters. The molecule has 1 unspecified atom stereocenters. The van der Waals surface area contributed by atoms with Gasteiger partial charge in [-0.2, -0.15) is 0 Å². The van der Waals surface area contributed by atoms with E-state index in [2.05, 4.69) is 14.9 Å². The van der Waals surface area contributed by atoms with Crippen LogP contribution in [0, 0.1) is 6.92 Å². The van der Waals surface area contributed by atoms with E-state index < -0.39 is 0 Å². The maximum atomic E-state index is 13.1. The van der Waals surface area contributed by atoms with Crippen molar-refractivity contribution in [2.24, 2.45) is 0 Å². The lowest BCUT2D eigenvalue weighted by Crippen LogP contribution is -2.33. The van der Waals surface area contributed by atoms with Gasteiger partial charge in [-0.15, -0.1) is 0 Å². The molecule has 0 spiro atoms. The van der Waals surface area contributed by atoms with Crippen LogP contribution < -0.4 is 10.5 Å². The zero-order valence-electron chi connectivity index (χ0n) is 15.6. The zero-order valence-corrected chi connectivity index (χ0v) is 15.6. The minimum Gasteiger partial charge on any atom is -0.383 e. The minimum atomic E-state index is -0.0190. The van der Waals surface area contributed by atoms with Gasteiger partial charge < -0.3 is 9.64 Å². The van der Waals surface area contributed by atoms with E-state index in [1.54, 1.807) is 24.1 Å². The first kappa shape index (κ1) is 17.6. The first-order valence-electron chi connectivity index (χ1n) is 9.22. The lowest BCUT2D eigenvalue weighted by molar-refractivity contribution is 0.184. The first-order chi connectivity index (χ1) is 13.2. The number of methoxy groups -OCH3 is 1. The van der Waals surface area contributed by atoms with Gasteiger partial charge in [0.05, 0.1) is 48.2 Å². The average molecular weight is 365 g/mol. The van der Waals surface area contributed by atoms with Crippen LogP contribution in [0.15, 0.2) is 41.5 Å². The summed E-state index contributed by atoms with van der Waals surface area (Å²) in [4.78, 5) is 29.1. The molecule has 1 aromatic carbocycles. The number of hydrogen-bond acceptors (Lipinski definition) is 6. The van der Waals surface area contributed by atoms with Gasteiger partial charge in [-0.25, -0.2) is 9.97 Å². The Bertz CT molecular complexity index is 999. The molecule has 1 fully saturated rings. The van der Waals surface area contributed by atoms with Gasteiger partial charge in [0, 0.05) is 13.7 Å². The van der Waals surface area contributed by atoms with Crippen LogP contribution in [0.25, 0.3) is 10.9 Å². The molecule has 1 aliphatic rings. The molecule has 0 amide bonds. The van der Waals surface area contributed by atoms with Gasteiger partial charge in [0.15, 0.2) is 0 Å². The van der Waals surface area contributed by atoms with Crippen molar-refractivity contribution in [3.8, 4) is 0 Å². The Morgan fingerprint density at radius 2 is 2.07 bits per heavy atom. The summed E-state index contributed by atoms with van der Waals surface area (Å²) in [5.74, 6) is 1.60. The second kappa shape index (κ2) is 7.44. The second-order valence-electron chi connectivity index (χ2n) is 6.80. The van der Waals surface area contributed by atoms with Crippen molar-refractivity contribution >= 4 is 16.7 Å². The number of aromatic nitrogens is 4. The van der Waals surface area contributed by atoms with Gasteiger partial charge in [-0.05, 0) is 31.9 Å². The average Bonchev–Trinajstić information content (AvgIpc) is 3.17. The predicted molar refractivity (Wildman–Crippen MR) is 104 cm³/mol. The molecule has 3 aromatic rings. The molecule has 0 aliphatic carbocycles. The van der Waals surface area contributed by atoms with E-state index in [-0.39, 0.29) is 11.6 Å². The molecule has 27 heavy (non-hydrogen) atoms. The van der Waals surface area contributed by atoms with Gasteiger partial charge in [0.25, 0.3) is 5.56 Å². The van der Waals surface area contributed by atoms with Crippen molar-refractivity contribution in [2.75, 3.05) is 25.2 Å². The third-order valence-corrected chi connectivity index (χ3v) is 5.02. The maximum Gasteiger partial charge on any atom is 0.261 e. The van der Waals surface area contributed by atoms with Crippen molar-refractivity contribution in [2.45, 2.75) is 32.4 Å². The normalized spacial score (nSPS) is 17.0. The maximum absolute atomic E-state index is 13.1. The monoisotopic (exact) mass is 365 g/mol. The quantitative estimate of drug-likeness (QED) is 0.692. The molecular formula is C20H23N5O2. The van der Waals surface area contributed by atoms with Crippen LogP contribution in [-0.2, 0) is 11.3 Å². The van der Waals surface area contributed by atoms with E-state index in [0.717, 1.165) is 42.2 Å². The standard InChI is InChI=1S/C20H23N5O2/c1-14-12-22-18(13-21-14)24-9-5-8-17(24)19-23-16-7-4-3-6-15(16)20(26)25(19)10-11-27-2/h3-4,6-7,12-13,17H,5,8-11H2,1-2H3. The lowest BCUT2D eigenvalue weighted by atomic mass is 10.1. The number of hydrogen-bond donors (Lipinski definition) is 0. The highest BCUT2D eigenvalue weighted by atomic mass is 16.5. The number of aryl methyl sites for hydroxylation is 1. The third kappa shape index (κ3) is 3.30. The Labute approximate surface area is 157 Å². The fourth-order valence-corrected chi connectivity index (χ4v) is 3.68. The van der Waals surface area contributed by atoms with Crippen molar-refractivity contribution in [1.29, 1.82) is 0 Å². The van der Waals surface area contributed by atoms with Crippen LogP contribution in [0.4, 0.5) is 5.82 Å². The number of rotatable bonds is 5. The van der Waals surface area contributed by atoms with E-state index >= 15 is 0 Å². The van der Waals surface area contributed by atoms with Crippen LogP contribution in [0.1, 0.15) is 30.4 Å². The Morgan fingerprint density at radius 3 is 2.85 bits per heavy atom. The summed E-state index contributed by atoms with van der Waals surface area (Å²) in [5.41, 5.74) is 1.60. The SMILES string of the molecule is COCCn1c(C2CCCN2c2cnc(C)cn2)nc2ccccc2c1=O. The molecule has 0 saturated carbocycles. The summed E-state index contributed by atoms with van der Waals surface area (Å²) < 4.78 is 6.99. The molecule has 0 radical (unpaired) electrons. The molecule has 7 heteroatoms. The molecule has 0 N–H and O–H groups in total. The topological polar surface area (TPSA) is 73.1 Å². The number of para-hydroxylation sites is 1. The molecule has 1 saturated heterocycles. The van der Waals surface area contributed by atoms with Crippen molar-refractivity contribution in [3.05, 3.63) is 58.5 Å². The molecular weight excluding hydrogens is 342 g/mol. The molecule has 7 nitrogen and oxygen atoms in total. The van der Waals surface area contributed by atoms with Gasteiger partial charge in [0.1, 0.15) is 11.6 Å². The second-order valence-corrected chi connectivity index (χ2v) is 6.80. The number of nitrogens with zero attached hydrogens (tertiary/aromatic N) is 5. The van der Waals surface area contributed by atoms with Crippen LogP contribution in [0.5, 0.6) is 0 Å². The molecule has 2 aromatic heterocycles.